The number of nitrogens with two attached hydrogens (primary N) is 2. The number of carbonyl (C=O) groups excluding carboxylic acids is 9. The third kappa shape index (κ3) is 22.3. The molecule has 26 heteroatoms. The topological polar surface area (TPSA) is 417 Å². The Balaban J connectivity index is 3.41. The molecule has 0 radical (unpaired) electrons. The number of phenolic OH excluding ortho intramolecular Hbond substituents is 1. The maximum absolute atomic E-state index is 14.3. The number of carbonyl (C=O) groups is 11. The molecule has 0 heterocycles. The average Bonchev–Trinajstić information content (AvgIpc) is 3.25. The number of rotatable bonds is 31. The van der Waals surface area contributed by atoms with Gasteiger partial charge < -0.3 is 74.4 Å². The molecule has 0 aliphatic heterocycles. The zero-order valence-electron chi connectivity index (χ0n) is 40.5. The molecular weight excluding hydrogens is 941 g/mol. The van der Waals surface area contributed by atoms with E-state index in [4.69, 9.17) is 16.6 Å². The lowest BCUT2D eigenvalue weighted by molar-refractivity contribution is -0.147. The fraction of sp³-hybridized carbons (Fsp3) is 0.614. The molecule has 16 N–H and O–H groups in total. The summed E-state index contributed by atoms with van der Waals surface area (Å²) in [7, 11) is 0. The minimum Gasteiger partial charge on any atom is -0.508 e. The molecule has 25 nitrogen and oxygen atoms in total. The number of carboxylic acids is 2. The molecule has 0 fully saturated rings. The Morgan fingerprint density at radius 2 is 1.09 bits per heavy atom. The number of thioether (sulfide) groups is 1. The highest BCUT2D eigenvalue weighted by atomic mass is 32.2. The fourth-order valence-corrected chi connectivity index (χ4v) is 7.00. The largest absolute Gasteiger partial charge is 0.508 e. The molecule has 0 aliphatic rings. The first-order valence-electron chi connectivity index (χ1n) is 22.4. The molecule has 0 aromatic heterocycles. The second kappa shape index (κ2) is 30.2. The number of hydrogen-bond donors (Lipinski definition) is 14. The van der Waals surface area contributed by atoms with Gasteiger partial charge in [-0.15, -0.1) is 0 Å². The zero-order chi connectivity index (χ0) is 53.6. The van der Waals surface area contributed by atoms with E-state index in [1.807, 2.05) is 5.32 Å². The predicted molar refractivity (Wildman–Crippen MR) is 254 cm³/mol. The number of amides is 9. The summed E-state index contributed by atoms with van der Waals surface area (Å²) >= 11 is 1.33. The maximum atomic E-state index is 14.3. The van der Waals surface area contributed by atoms with Crippen molar-refractivity contribution in [1.82, 2.24) is 42.5 Å². The summed E-state index contributed by atoms with van der Waals surface area (Å²) < 4.78 is 0. The molecule has 0 bridgehead atoms. The van der Waals surface area contributed by atoms with Crippen LogP contribution in [0.2, 0.25) is 0 Å². The van der Waals surface area contributed by atoms with Crippen LogP contribution in [0.3, 0.4) is 0 Å². The van der Waals surface area contributed by atoms with Crippen molar-refractivity contribution in [1.29, 1.82) is 0 Å². The third-order valence-electron chi connectivity index (χ3n) is 10.3. The van der Waals surface area contributed by atoms with Gasteiger partial charge in [-0.2, -0.15) is 11.8 Å². The van der Waals surface area contributed by atoms with Gasteiger partial charge in [-0.25, -0.2) is 4.79 Å². The van der Waals surface area contributed by atoms with Crippen molar-refractivity contribution in [2.45, 2.75) is 135 Å². The minimum absolute atomic E-state index is 0.0117. The summed E-state index contributed by atoms with van der Waals surface area (Å²) in [5.41, 5.74) is 11.4. The number of phenols is 1. The van der Waals surface area contributed by atoms with Crippen molar-refractivity contribution in [3.8, 4) is 5.75 Å². The summed E-state index contributed by atoms with van der Waals surface area (Å²) in [5, 5.41) is 57.9. The highest BCUT2D eigenvalue weighted by molar-refractivity contribution is 7.98. The van der Waals surface area contributed by atoms with Crippen LogP contribution in [-0.4, -0.2) is 159 Å². The SMILES string of the molecule is CSCC[C@H](NC(=O)[C@H](Cc1ccc(O)cc1)NC(=O)[C@@H](NC(=O)[C@H](CC(C)C)NC(=O)[C@@H](N)CC(N)=O)C(C)C)C(=O)N[C@H](C(=O)N[C@H](C(=O)NCC(=O)N[C@@H](CC(=O)O)C(=O)O)[C@@H](C)O)C(C)C. The molecule has 0 aliphatic carbocycles. The van der Waals surface area contributed by atoms with Gasteiger partial charge in [0.2, 0.25) is 53.2 Å². The van der Waals surface area contributed by atoms with Crippen LogP contribution in [0.5, 0.6) is 5.75 Å². The Labute approximate surface area is 409 Å². The number of benzene rings is 1. The minimum atomic E-state index is -1.81. The van der Waals surface area contributed by atoms with E-state index in [-0.39, 0.29) is 30.9 Å². The molecule has 9 amide bonds. The molecule has 9 atom stereocenters. The van der Waals surface area contributed by atoms with Gasteiger partial charge >= 0.3 is 11.9 Å². The van der Waals surface area contributed by atoms with Gasteiger partial charge in [-0.1, -0.05) is 53.7 Å². The average molecular weight is 1010 g/mol. The Bertz CT molecular complexity index is 2000. The first kappa shape index (κ1) is 61.5. The van der Waals surface area contributed by atoms with Crippen molar-refractivity contribution in [2.24, 2.45) is 29.2 Å². The molecule has 0 saturated heterocycles. The number of aromatic hydroxyl groups is 1. The van der Waals surface area contributed by atoms with Crippen molar-refractivity contribution in [3.63, 3.8) is 0 Å². The Morgan fingerprint density at radius 3 is 1.56 bits per heavy atom. The van der Waals surface area contributed by atoms with Crippen LogP contribution in [0, 0.1) is 17.8 Å². The summed E-state index contributed by atoms with van der Waals surface area (Å²) in [5.74, 6) is -12.4. The van der Waals surface area contributed by atoms with Gasteiger partial charge in [0.05, 0.1) is 31.5 Å². The predicted octanol–water partition coefficient (Wildman–Crippen LogP) is -3.30. The second-order valence-corrected chi connectivity index (χ2v) is 18.7. The van der Waals surface area contributed by atoms with Gasteiger partial charge in [0, 0.05) is 6.42 Å². The standard InChI is InChI=1S/C44H70N10O15S/c1-20(2)15-28(50-37(61)26(45)17-31(46)57)40(64)53-34(21(3)4)42(66)51-29(16-24-9-11-25(56)12-10-24)39(63)49-27(13-14-70-8)38(62)52-35(22(5)6)43(67)54-36(23(7)55)41(65)47-19-32(58)48-30(44(68)69)18-33(59)60/h9-12,20-23,26-30,34-36,55-56H,13-19,45H2,1-8H3,(H2,46,57)(H,47,65)(H,48,58)(H,49,63)(H,50,61)(H,51,66)(H,52,62)(H,53,64)(H,54,67)(H,59,60)(H,68,69)/t23-,26+,27+,28+,29+,30+,34+,35+,36+/m1/s1. The van der Waals surface area contributed by atoms with Gasteiger partial charge in [0.15, 0.2) is 0 Å². The number of aliphatic hydroxyl groups is 1. The van der Waals surface area contributed by atoms with Gasteiger partial charge in [-0.3, -0.25) is 47.9 Å². The van der Waals surface area contributed by atoms with Crippen molar-refractivity contribution >= 4 is 76.9 Å². The summed E-state index contributed by atoms with van der Waals surface area (Å²) in [4.78, 5) is 142. The number of primary amides is 1. The van der Waals surface area contributed by atoms with Crippen LogP contribution >= 0.6 is 11.8 Å². The number of hydrogen-bond acceptors (Lipinski definition) is 15. The van der Waals surface area contributed by atoms with Crippen LogP contribution in [0.25, 0.3) is 0 Å². The molecule has 1 rings (SSSR count). The highest BCUT2D eigenvalue weighted by Crippen LogP contribution is 2.14. The fourth-order valence-electron chi connectivity index (χ4n) is 6.53. The Kier molecular flexibility index (Phi) is 26.5. The first-order chi connectivity index (χ1) is 32.6. The van der Waals surface area contributed by atoms with Crippen molar-refractivity contribution in [2.75, 3.05) is 18.6 Å². The van der Waals surface area contributed by atoms with Crippen molar-refractivity contribution in [3.05, 3.63) is 29.8 Å². The molecule has 1 aromatic carbocycles. The molecule has 0 saturated carbocycles. The Morgan fingerprint density at radius 1 is 0.600 bits per heavy atom. The molecule has 392 valence electrons. The third-order valence-corrected chi connectivity index (χ3v) is 11.0. The highest BCUT2D eigenvalue weighted by Gasteiger charge is 2.36. The number of nitrogens with one attached hydrogen (secondary N) is 8. The van der Waals surface area contributed by atoms with Crippen molar-refractivity contribution < 1.29 is 73.2 Å². The lowest BCUT2D eigenvalue weighted by Crippen LogP contribution is -2.62. The lowest BCUT2D eigenvalue weighted by Gasteiger charge is -2.30. The van der Waals surface area contributed by atoms with E-state index in [2.05, 4.69) is 37.2 Å². The van der Waals surface area contributed by atoms with E-state index in [0.29, 0.717) is 11.3 Å². The first-order valence-corrected chi connectivity index (χ1v) is 23.8. The quantitative estimate of drug-likeness (QED) is 0.0346. The second-order valence-electron chi connectivity index (χ2n) is 17.7. The van der Waals surface area contributed by atoms with Gasteiger partial charge in [-0.05, 0) is 67.2 Å². The number of aliphatic carboxylic acids is 2. The van der Waals surface area contributed by atoms with E-state index < -0.39 is 151 Å². The van der Waals surface area contributed by atoms with E-state index >= 15 is 0 Å². The monoisotopic (exact) mass is 1010 g/mol. The maximum Gasteiger partial charge on any atom is 0.326 e. The molecule has 70 heavy (non-hydrogen) atoms. The number of aliphatic hydroxyl groups excluding tert-OH is 1. The summed E-state index contributed by atoms with van der Waals surface area (Å²) in [6.07, 6.45) is -1.31. The lowest BCUT2D eigenvalue weighted by atomic mass is 9.98. The molecule has 0 spiro atoms. The van der Waals surface area contributed by atoms with Gasteiger partial charge in [0.1, 0.15) is 48.0 Å². The van der Waals surface area contributed by atoms with Gasteiger partial charge in [0.25, 0.3) is 0 Å². The van der Waals surface area contributed by atoms with Crippen LogP contribution in [0.15, 0.2) is 24.3 Å². The molecule has 1 aromatic rings. The smallest absolute Gasteiger partial charge is 0.326 e. The molecule has 0 unspecified atom stereocenters. The van der Waals surface area contributed by atoms with E-state index in [9.17, 15) is 68.1 Å². The van der Waals surface area contributed by atoms with E-state index in [0.717, 1.165) is 6.92 Å². The zero-order valence-corrected chi connectivity index (χ0v) is 41.3. The van der Waals surface area contributed by atoms with Crippen LogP contribution in [-0.2, 0) is 59.2 Å². The van der Waals surface area contributed by atoms with Crippen LogP contribution in [0.1, 0.15) is 79.7 Å². The normalized spacial score (nSPS) is 15.0. The van der Waals surface area contributed by atoms with E-state index in [1.165, 1.54) is 36.0 Å². The van der Waals surface area contributed by atoms with Crippen LogP contribution < -0.4 is 54.0 Å². The molecular formula is C44H70N10O15S. The van der Waals surface area contributed by atoms with Crippen LogP contribution in [0.4, 0.5) is 0 Å². The van der Waals surface area contributed by atoms with E-state index in [1.54, 1.807) is 47.8 Å². The summed E-state index contributed by atoms with van der Waals surface area (Å²) in [6.45, 7) is 10.2. The Hall–Kier alpha value is -6.54. The number of carboxylic acid groups (broad SMARTS) is 2. The summed E-state index contributed by atoms with van der Waals surface area (Å²) in [6, 6.07) is -5.76.